The summed E-state index contributed by atoms with van der Waals surface area (Å²) < 4.78 is 0. The molecule has 1 fully saturated rings. The highest BCUT2D eigenvalue weighted by atomic mass is 14.6. The predicted octanol–water partition coefficient (Wildman–Crippen LogP) is 2.14. The van der Waals surface area contributed by atoms with Crippen molar-refractivity contribution in [2.45, 2.75) is 18.8 Å². The molecule has 0 atom stereocenters. The summed E-state index contributed by atoms with van der Waals surface area (Å²) in [7, 11) is 0. The summed E-state index contributed by atoms with van der Waals surface area (Å²) in [5, 5.41) is 0. The molecule has 1 aliphatic carbocycles. The van der Waals surface area contributed by atoms with Gasteiger partial charge in [0.2, 0.25) is 0 Å². The molecule has 1 heteroatoms. The van der Waals surface area contributed by atoms with E-state index in [-0.39, 0.29) is 0 Å². The van der Waals surface area contributed by atoms with Crippen LogP contribution in [0.2, 0.25) is 0 Å². The first-order chi connectivity index (χ1) is 5.90. The van der Waals surface area contributed by atoms with Crippen molar-refractivity contribution in [1.82, 2.24) is 0 Å². The van der Waals surface area contributed by atoms with Gasteiger partial charge in [0.05, 0.1) is 0 Å². The highest BCUT2D eigenvalue weighted by Gasteiger charge is 2.28. The minimum atomic E-state index is 0.787. The van der Waals surface area contributed by atoms with Crippen molar-refractivity contribution in [1.29, 1.82) is 0 Å². The topological polar surface area (TPSA) is 26.0 Å². The van der Waals surface area contributed by atoms with Crippen molar-refractivity contribution < 1.29 is 0 Å². The lowest BCUT2D eigenvalue weighted by molar-refractivity contribution is 0.272. The minimum absolute atomic E-state index is 0.787. The van der Waals surface area contributed by atoms with Crippen LogP contribution in [0.25, 0.3) is 0 Å². The Morgan fingerprint density at radius 3 is 2.42 bits per heavy atom. The van der Waals surface area contributed by atoms with Gasteiger partial charge in [-0.15, -0.1) is 0 Å². The van der Waals surface area contributed by atoms with Gasteiger partial charge in [-0.05, 0) is 36.8 Å². The molecule has 0 bridgehead atoms. The van der Waals surface area contributed by atoms with E-state index in [9.17, 15) is 0 Å². The Labute approximate surface area is 73.6 Å². The van der Waals surface area contributed by atoms with Crippen LogP contribution in [0.5, 0.6) is 0 Å². The Morgan fingerprint density at radius 2 is 1.83 bits per heavy atom. The molecule has 0 amide bonds. The molecule has 2 N–H and O–H groups in total. The second kappa shape index (κ2) is 3.28. The van der Waals surface area contributed by atoms with Crippen LogP contribution in [-0.2, 0) is 0 Å². The van der Waals surface area contributed by atoms with Crippen LogP contribution < -0.4 is 5.73 Å². The molecular weight excluding hydrogens is 146 g/mol. The number of nitrogens with two attached hydrogens (primary N) is 1. The zero-order valence-corrected chi connectivity index (χ0v) is 7.24. The normalized spacial score (nSPS) is 28.1. The van der Waals surface area contributed by atoms with Crippen molar-refractivity contribution in [3.05, 3.63) is 35.9 Å². The van der Waals surface area contributed by atoms with Gasteiger partial charge in [0.1, 0.15) is 0 Å². The summed E-state index contributed by atoms with van der Waals surface area (Å²) in [5.74, 6) is 1.58. The number of rotatable bonds is 2. The summed E-state index contributed by atoms with van der Waals surface area (Å²) in [4.78, 5) is 0. The molecule has 0 spiro atoms. The average molecular weight is 161 g/mol. The van der Waals surface area contributed by atoms with Crippen molar-refractivity contribution in [3.8, 4) is 0 Å². The van der Waals surface area contributed by atoms with Gasteiger partial charge < -0.3 is 5.73 Å². The van der Waals surface area contributed by atoms with Gasteiger partial charge in [-0.3, -0.25) is 0 Å². The molecule has 0 unspecified atom stereocenters. The third kappa shape index (κ3) is 1.37. The first-order valence-corrected chi connectivity index (χ1v) is 4.65. The van der Waals surface area contributed by atoms with Gasteiger partial charge in [-0.25, -0.2) is 0 Å². The third-order valence-corrected chi connectivity index (χ3v) is 2.84. The maximum atomic E-state index is 5.57. The lowest BCUT2D eigenvalue weighted by atomic mass is 9.71. The quantitative estimate of drug-likeness (QED) is 0.706. The van der Waals surface area contributed by atoms with Crippen LogP contribution in [-0.4, -0.2) is 6.54 Å². The van der Waals surface area contributed by atoms with Crippen LogP contribution in [0.1, 0.15) is 24.3 Å². The van der Waals surface area contributed by atoms with Crippen LogP contribution in [0, 0.1) is 5.92 Å². The van der Waals surface area contributed by atoms with Crippen molar-refractivity contribution in [3.63, 3.8) is 0 Å². The van der Waals surface area contributed by atoms with E-state index in [0.717, 1.165) is 18.4 Å². The molecule has 0 aromatic heterocycles. The van der Waals surface area contributed by atoms with Crippen LogP contribution in [0.15, 0.2) is 30.3 Å². The molecular formula is C11H15N. The SMILES string of the molecule is NC[C@H]1C[C@H](c2ccccc2)C1. The maximum absolute atomic E-state index is 5.57. The van der Waals surface area contributed by atoms with Gasteiger partial charge in [0.25, 0.3) is 0 Å². The highest BCUT2D eigenvalue weighted by Crippen LogP contribution is 2.40. The van der Waals surface area contributed by atoms with E-state index in [2.05, 4.69) is 30.3 Å². The molecule has 2 rings (SSSR count). The van der Waals surface area contributed by atoms with E-state index < -0.39 is 0 Å². The molecule has 12 heavy (non-hydrogen) atoms. The molecule has 0 aliphatic heterocycles. The lowest BCUT2D eigenvalue weighted by Crippen LogP contribution is -2.28. The third-order valence-electron chi connectivity index (χ3n) is 2.84. The summed E-state index contributed by atoms with van der Waals surface area (Å²) in [6, 6.07) is 10.7. The molecule has 1 aliphatic rings. The predicted molar refractivity (Wildman–Crippen MR) is 51.0 cm³/mol. The second-order valence-corrected chi connectivity index (χ2v) is 3.68. The van der Waals surface area contributed by atoms with Gasteiger partial charge in [-0.1, -0.05) is 30.3 Å². The monoisotopic (exact) mass is 161 g/mol. The van der Waals surface area contributed by atoms with Crippen molar-refractivity contribution in [2.75, 3.05) is 6.54 Å². The molecule has 1 aromatic rings. The molecule has 0 saturated heterocycles. The van der Waals surface area contributed by atoms with E-state index in [0.29, 0.717) is 0 Å². The minimum Gasteiger partial charge on any atom is -0.330 e. The molecule has 1 nitrogen and oxygen atoms in total. The Morgan fingerprint density at radius 1 is 1.17 bits per heavy atom. The smallest absolute Gasteiger partial charge is 0.00484 e. The summed E-state index contributed by atoms with van der Waals surface area (Å²) in [6.07, 6.45) is 2.58. The summed E-state index contributed by atoms with van der Waals surface area (Å²) in [6.45, 7) is 0.864. The largest absolute Gasteiger partial charge is 0.330 e. The fourth-order valence-corrected chi connectivity index (χ4v) is 1.93. The molecule has 64 valence electrons. The van der Waals surface area contributed by atoms with E-state index in [1.807, 2.05) is 0 Å². The molecule has 0 heterocycles. The standard InChI is InChI=1S/C11H15N/c12-8-9-6-11(7-9)10-4-2-1-3-5-10/h1-5,9,11H,6-8,12H2/t9-,11-. The Balaban J connectivity index is 1.97. The highest BCUT2D eigenvalue weighted by molar-refractivity contribution is 5.21. The summed E-state index contributed by atoms with van der Waals surface area (Å²) in [5.41, 5.74) is 7.06. The Kier molecular flexibility index (Phi) is 2.13. The van der Waals surface area contributed by atoms with Crippen molar-refractivity contribution >= 4 is 0 Å². The average Bonchev–Trinajstić information content (AvgIpc) is 2.04. The molecule has 1 saturated carbocycles. The number of benzene rings is 1. The summed E-state index contributed by atoms with van der Waals surface area (Å²) >= 11 is 0. The fourth-order valence-electron chi connectivity index (χ4n) is 1.93. The van der Waals surface area contributed by atoms with E-state index in [4.69, 9.17) is 5.73 Å². The van der Waals surface area contributed by atoms with Gasteiger partial charge in [0.15, 0.2) is 0 Å². The first kappa shape index (κ1) is 7.81. The van der Waals surface area contributed by atoms with Crippen LogP contribution in [0.3, 0.4) is 0 Å². The maximum Gasteiger partial charge on any atom is -0.00484 e. The Hall–Kier alpha value is -0.820. The van der Waals surface area contributed by atoms with Gasteiger partial charge in [-0.2, -0.15) is 0 Å². The second-order valence-electron chi connectivity index (χ2n) is 3.68. The number of hydrogen-bond acceptors (Lipinski definition) is 1. The van der Waals surface area contributed by atoms with E-state index in [1.165, 1.54) is 18.4 Å². The first-order valence-electron chi connectivity index (χ1n) is 4.65. The van der Waals surface area contributed by atoms with Crippen LogP contribution in [0.4, 0.5) is 0 Å². The number of hydrogen-bond donors (Lipinski definition) is 1. The van der Waals surface area contributed by atoms with E-state index in [1.54, 1.807) is 0 Å². The zero-order chi connectivity index (χ0) is 8.39. The fraction of sp³-hybridized carbons (Fsp3) is 0.455. The molecule has 0 radical (unpaired) electrons. The van der Waals surface area contributed by atoms with Gasteiger partial charge >= 0.3 is 0 Å². The van der Waals surface area contributed by atoms with Crippen molar-refractivity contribution in [2.24, 2.45) is 11.7 Å². The van der Waals surface area contributed by atoms with E-state index >= 15 is 0 Å². The Bertz CT molecular complexity index is 236. The zero-order valence-electron chi connectivity index (χ0n) is 7.24. The lowest BCUT2D eigenvalue weighted by Gasteiger charge is -2.34. The van der Waals surface area contributed by atoms with Gasteiger partial charge in [0, 0.05) is 0 Å². The molecule has 1 aromatic carbocycles. The van der Waals surface area contributed by atoms with Crippen LogP contribution >= 0.6 is 0 Å².